The summed E-state index contributed by atoms with van der Waals surface area (Å²) in [6.07, 6.45) is 1.11. The number of hydrogen-bond donors (Lipinski definition) is 1. The van der Waals surface area contributed by atoms with Crippen LogP contribution in [0.5, 0.6) is 0 Å². The van der Waals surface area contributed by atoms with Gasteiger partial charge in [0.25, 0.3) is 5.91 Å². The number of hydrogen-bond acceptors (Lipinski definition) is 5. The summed E-state index contributed by atoms with van der Waals surface area (Å²) in [6.45, 7) is 4.25. The second-order valence-corrected chi connectivity index (χ2v) is 6.33. The summed E-state index contributed by atoms with van der Waals surface area (Å²) in [5.41, 5.74) is 6.06. The average Bonchev–Trinajstić information content (AvgIpc) is 2.86. The molecule has 17 heavy (non-hydrogen) atoms. The molecule has 6 heteroatoms. The Morgan fingerprint density at radius 3 is 3.18 bits per heavy atom. The van der Waals surface area contributed by atoms with Crippen LogP contribution in [0.1, 0.15) is 28.8 Å². The number of amides is 1. The van der Waals surface area contributed by atoms with Crippen molar-refractivity contribution in [2.75, 3.05) is 18.8 Å². The van der Waals surface area contributed by atoms with Crippen LogP contribution in [0.25, 0.3) is 0 Å². The van der Waals surface area contributed by atoms with Crippen molar-refractivity contribution in [2.24, 2.45) is 5.73 Å². The predicted octanol–water partition coefficient (Wildman–Crippen LogP) is 1.57. The Bertz CT molecular complexity index is 394. The highest BCUT2D eigenvalue weighted by molar-refractivity contribution is 8.00. The smallest absolute Gasteiger partial charge is 0.273 e. The highest BCUT2D eigenvalue weighted by Gasteiger charge is 2.25. The van der Waals surface area contributed by atoms with Gasteiger partial charge in [-0.15, -0.1) is 11.3 Å². The van der Waals surface area contributed by atoms with Gasteiger partial charge in [0, 0.05) is 36.0 Å². The van der Waals surface area contributed by atoms with Gasteiger partial charge in [0.1, 0.15) is 10.7 Å². The van der Waals surface area contributed by atoms with Crippen molar-refractivity contribution in [1.29, 1.82) is 0 Å². The topological polar surface area (TPSA) is 59.2 Å². The van der Waals surface area contributed by atoms with Crippen LogP contribution in [0, 0.1) is 0 Å². The van der Waals surface area contributed by atoms with Crippen molar-refractivity contribution in [3.63, 3.8) is 0 Å². The van der Waals surface area contributed by atoms with Crippen molar-refractivity contribution in [3.8, 4) is 0 Å². The molecule has 1 aliphatic heterocycles. The SMILES string of the molecule is CCC1CN(C(=O)c2csc(CN)n2)CCS1. The molecule has 1 unspecified atom stereocenters. The normalized spacial score (nSPS) is 20.6. The first-order chi connectivity index (χ1) is 8.24. The molecule has 1 aromatic heterocycles. The van der Waals surface area contributed by atoms with E-state index in [2.05, 4.69) is 11.9 Å². The van der Waals surface area contributed by atoms with Gasteiger partial charge in [-0.05, 0) is 6.42 Å². The first-order valence-electron chi connectivity index (χ1n) is 5.80. The van der Waals surface area contributed by atoms with Crippen LogP contribution in [0.4, 0.5) is 0 Å². The monoisotopic (exact) mass is 271 g/mol. The van der Waals surface area contributed by atoms with Crippen molar-refractivity contribution >= 4 is 29.0 Å². The molecule has 2 heterocycles. The summed E-state index contributed by atoms with van der Waals surface area (Å²) in [7, 11) is 0. The van der Waals surface area contributed by atoms with E-state index in [1.807, 2.05) is 22.0 Å². The minimum Gasteiger partial charge on any atom is -0.335 e. The molecule has 0 aliphatic carbocycles. The molecule has 0 bridgehead atoms. The first-order valence-corrected chi connectivity index (χ1v) is 7.72. The van der Waals surface area contributed by atoms with Crippen LogP contribution in [0.3, 0.4) is 0 Å². The van der Waals surface area contributed by atoms with Gasteiger partial charge >= 0.3 is 0 Å². The van der Waals surface area contributed by atoms with E-state index >= 15 is 0 Å². The molecule has 1 amide bonds. The maximum absolute atomic E-state index is 12.2. The van der Waals surface area contributed by atoms with Crippen molar-refractivity contribution in [3.05, 3.63) is 16.1 Å². The molecule has 1 aliphatic rings. The van der Waals surface area contributed by atoms with Gasteiger partial charge in [-0.2, -0.15) is 11.8 Å². The number of nitrogens with two attached hydrogens (primary N) is 1. The van der Waals surface area contributed by atoms with E-state index in [1.54, 1.807) is 0 Å². The quantitative estimate of drug-likeness (QED) is 0.906. The highest BCUT2D eigenvalue weighted by Crippen LogP contribution is 2.22. The molecule has 2 N–H and O–H groups in total. The molecule has 1 atom stereocenters. The van der Waals surface area contributed by atoms with Gasteiger partial charge in [-0.25, -0.2) is 4.98 Å². The summed E-state index contributed by atoms with van der Waals surface area (Å²) in [5.74, 6) is 1.08. The molecule has 0 saturated carbocycles. The summed E-state index contributed by atoms with van der Waals surface area (Å²) < 4.78 is 0. The Hall–Kier alpha value is -0.590. The summed E-state index contributed by atoms with van der Waals surface area (Å²) in [6, 6.07) is 0. The van der Waals surface area contributed by atoms with E-state index in [4.69, 9.17) is 5.73 Å². The number of thioether (sulfide) groups is 1. The lowest BCUT2D eigenvalue weighted by Crippen LogP contribution is -2.41. The van der Waals surface area contributed by atoms with E-state index in [-0.39, 0.29) is 5.91 Å². The molecule has 4 nitrogen and oxygen atoms in total. The largest absolute Gasteiger partial charge is 0.335 e. The Labute approximate surface area is 110 Å². The van der Waals surface area contributed by atoms with Gasteiger partial charge < -0.3 is 10.6 Å². The standard InChI is InChI=1S/C11H17N3OS2/c1-2-8-6-14(3-4-16-8)11(15)9-7-17-10(5-12)13-9/h7-8H,2-6,12H2,1H3. The second-order valence-electron chi connectivity index (χ2n) is 3.98. The molecular formula is C11H17N3OS2. The highest BCUT2D eigenvalue weighted by atomic mass is 32.2. The van der Waals surface area contributed by atoms with Crippen molar-refractivity contribution in [2.45, 2.75) is 25.1 Å². The molecule has 0 aromatic carbocycles. The third kappa shape index (κ3) is 3.00. The summed E-state index contributed by atoms with van der Waals surface area (Å²) in [5, 5.41) is 3.21. The Kier molecular flexibility index (Phi) is 4.42. The second kappa shape index (κ2) is 5.84. The number of carbonyl (C=O) groups is 1. The zero-order valence-electron chi connectivity index (χ0n) is 9.89. The minimum absolute atomic E-state index is 0.0553. The molecule has 94 valence electrons. The number of rotatable bonds is 3. The van der Waals surface area contributed by atoms with Crippen LogP contribution < -0.4 is 5.73 Å². The van der Waals surface area contributed by atoms with E-state index in [9.17, 15) is 4.79 Å². The Balaban J connectivity index is 2.03. The molecular weight excluding hydrogens is 254 g/mol. The molecule has 0 spiro atoms. The first kappa shape index (κ1) is 12.9. The number of thiazole rings is 1. The number of carbonyl (C=O) groups excluding carboxylic acids is 1. The zero-order valence-corrected chi connectivity index (χ0v) is 11.5. The van der Waals surface area contributed by atoms with Crippen LogP contribution >= 0.6 is 23.1 Å². The van der Waals surface area contributed by atoms with Crippen molar-refractivity contribution in [1.82, 2.24) is 9.88 Å². The Morgan fingerprint density at radius 2 is 2.53 bits per heavy atom. The molecule has 1 saturated heterocycles. The maximum atomic E-state index is 12.2. The average molecular weight is 271 g/mol. The van der Waals surface area contributed by atoms with Crippen LogP contribution in [0.15, 0.2) is 5.38 Å². The zero-order chi connectivity index (χ0) is 12.3. The van der Waals surface area contributed by atoms with Gasteiger partial charge in [0.2, 0.25) is 0 Å². The third-order valence-corrected chi connectivity index (χ3v) is 5.07. The maximum Gasteiger partial charge on any atom is 0.273 e. The lowest BCUT2D eigenvalue weighted by atomic mass is 10.2. The molecule has 0 radical (unpaired) electrons. The summed E-state index contributed by atoms with van der Waals surface area (Å²) >= 11 is 3.42. The van der Waals surface area contributed by atoms with Crippen LogP contribution in [0.2, 0.25) is 0 Å². The van der Waals surface area contributed by atoms with E-state index in [0.29, 0.717) is 17.5 Å². The fraction of sp³-hybridized carbons (Fsp3) is 0.636. The molecule has 2 rings (SSSR count). The predicted molar refractivity (Wildman–Crippen MR) is 72.4 cm³/mol. The molecule has 1 fully saturated rings. The fourth-order valence-corrected chi connectivity index (χ4v) is 3.64. The molecule has 1 aromatic rings. The van der Waals surface area contributed by atoms with Crippen LogP contribution in [-0.2, 0) is 6.54 Å². The third-order valence-electron chi connectivity index (χ3n) is 2.83. The van der Waals surface area contributed by atoms with Gasteiger partial charge in [-0.3, -0.25) is 4.79 Å². The van der Waals surface area contributed by atoms with Crippen LogP contribution in [-0.4, -0.2) is 39.9 Å². The lowest BCUT2D eigenvalue weighted by Gasteiger charge is -2.31. The van der Waals surface area contributed by atoms with Gasteiger partial charge in [0.05, 0.1) is 0 Å². The van der Waals surface area contributed by atoms with E-state index in [0.717, 1.165) is 30.3 Å². The van der Waals surface area contributed by atoms with E-state index in [1.165, 1.54) is 11.3 Å². The summed E-state index contributed by atoms with van der Waals surface area (Å²) in [4.78, 5) is 18.4. The van der Waals surface area contributed by atoms with Gasteiger partial charge in [-0.1, -0.05) is 6.92 Å². The number of aromatic nitrogens is 1. The fourth-order valence-electron chi connectivity index (χ4n) is 1.82. The van der Waals surface area contributed by atoms with Gasteiger partial charge in [0.15, 0.2) is 0 Å². The van der Waals surface area contributed by atoms with E-state index < -0.39 is 0 Å². The minimum atomic E-state index is 0.0553. The Morgan fingerprint density at radius 1 is 1.71 bits per heavy atom. The number of nitrogens with zero attached hydrogens (tertiary/aromatic N) is 2. The lowest BCUT2D eigenvalue weighted by molar-refractivity contribution is 0.0755. The van der Waals surface area contributed by atoms with Crippen molar-refractivity contribution < 1.29 is 4.79 Å².